The third-order valence-corrected chi connectivity index (χ3v) is 9.39. The minimum absolute atomic E-state index is 0.137. The minimum atomic E-state index is -3.41. The monoisotopic (exact) mass is 469 g/mol. The summed E-state index contributed by atoms with van der Waals surface area (Å²) in [6.45, 7) is 0.504. The van der Waals surface area contributed by atoms with Crippen molar-refractivity contribution in [2.24, 2.45) is 5.92 Å². The number of benzene rings is 1. The van der Waals surface area contributed by atoms with Crippen LogP contribution in [0.15, 0.2) is 48.9 Å². The fourth-order valence-electron chi connectivity index (χ4n) is 5.40. The summed E-state index contributed by atoms with van der Waals surface area (Å²) in [5.74, 6) is 1.21. The lowest BCUT2D eigenvalue weighted by Crippen LogP contribution is -2.40. The number of aromatic nitrogens is 3. The lowest BCUT2D eigenvalue weighted by atomic mass is 9.86. The molecule has 9 heteroatoms. The van der Waals surface area contributed by atoms with E-state index in [0.717, 1.165) is 48.1 Å². The number of nitrogens with one attached hydrogen (secondary N) is 1. The summed E-state index contributed by atoms with van der Waals surface area (Å²) in [4.78, 5) is 14.1. The van der Waals surface area contributed by atoms with Gasteiger partial charge in [-0.3, -0.25) is 0 Å². The maximum atomic E-state index is 13.2. The molecule has 1 aromatic carbocycles. The molecule has 3 aromatic rings. The molecule has 2 fully saturated rings. The number of hydrogen-bond acceptors (Lipinski definition) is 6. The summed E-state index contributed by atoms with van der Waals surface area (Å²) in [6, 6.07) is 11.7. The van der Waals surface area contributed by atoms with Gasteiger partial charge in [0.1, 0.15) is 23.4 Å². The summed E-state index contributed by atoms with van der Waals surface area (Å²) < 4.78 is 27.8. The van der Waals surface area contributed by atoms with Crippen molar-refractivity contribution in [3.05, 3.63) is 54.5 Å². The van der Waals surface area contributed by atoms with Gasteiger partial charge in [-0.15, -0.1) is 0 Å². The topological polar surface area (TPSA) is 102 Å². The van der Waals surface area contributed by atoms with Gasteiger partial charge >= 0.3 is 0 Å². The number of fused-ring (bicyclic) bond motifs is 1. The minimum Gasteiger partial charge on any atom is -0.384 e. The van der Waals surface area contributed by atoms with Crippen molar-refractivity contribution >= 4 is 26.9 Å². The van der Waals surface area contributed by atoms with Crippen LogP contribution < -0.4 is 4.90 Å². The van der Waals surface area contributed by atoms with E-state index in [1.807, 2.05) is 42.6 Å². The zero-order chi connectivity index (χ0) is 23.1. The molecule has 5 rings (SSSR count). The predicted octanol–water partition coefficient (Wildman–Crippen LogP) is 2.88. The van der Waals surface area contributed by atoms with E-state index in [-0.39, 0.29) is 18.2 Å². The van der Waals surface area contributed by atoms with Crippen LogP contribution in [0.2, 0.25) is 0 Å². The van der Waals surface area contributed by atoms with Gasteiger partial charge in [0.05, 0.1) is 11.1 Å². The van der Waals surface area contributed by atoms with Gasteiger partial charge in [-0.1, -0.05) is 30.3 Å². The zero-order valence-electron chi connectivity index (χ0n) is 18.9. The fourth-order valence-corrected chi connectivity index (χ4v) is 7.32. The molecule has 0 bridgehead atoms. The molecule has 1 aliphatic carbocycles. The number of sulfonamides is 1. The van der Waals surface area contributed by atoms with Crippen molar-refractivity contribution < 1.29 is 13.5 Å². The standard InChI is InChI=1S/C24H31N5O3S/c1-28(23-21-11-13-25-22(21)26-17-27-23)20-9-7-18(8-10-20)15-33(31,32)29-14-12-24(30,16-29)19-5-3-2-4-6-19/h2-6,11,13,17-18,20,30H,7-10,12,14-16H2,1H3,(H,25,26,27)/t18?,20?,24-/m0/s1. The van der Waals surface area contributed by atoms with Crippen LogP contribution in [-0.4, -0.2) is 64.7 Å². The summed E-state index contributed by atoms with van der Waals surface area (Å²) >= 11 is 0. The number of H-pyrrole nitrogens is 1. The molecule has 1 atom stereocenters. The Balaban J connectivity index is 1.19. The quantitative estimate of drug-likeness (QED) is 0.576. The molecule has 0 spiro atoms. The highest BCUT2D eigenvalue weighted by atomic mass is 32.2. The first-order valence-corrected chi connectivity index (χ1v) is 13.2. The molecule has 2 N–H and O–H groups in total. The molecule has 1 saturated carbocycles. The van der Waals surface area contributed by atoms with Crippen LogP contribution >= 0.6 is 0 Å². The SMILES string of the molecule is CN(c1ncnc2[nH]ccc12)C1CCC(CS(=O)(=O)N2CC[C@@](O)(c3ccccc3)C2)CC1. The zero-order valence-corrected chi connectivity index (χ0v) is 19.7. The summed E-state index contributed by atoms with van der Waals surface area (Å²) in [5.41, 5.74) is 0.510. The van der Waals surface area contributed by atoms with Crippen LogP contribution in [0.3, 0.4) is 0 Å². The number of aromatic amines is 1. The van der Waals surface area contributed by atoms with Crippen molar-refractivity contribution in [1.82, 2.24) is 19.3 Å². The number of β-amino-alcohol motifs (C(OH)–C–C–N with tert-alkyl or cyclic N) is 1. The number of nitrogens with zero attached hydrogens (tertiary/aromatic N) is 4. The van der Waals surface area contributed by atoms with Crippen LogP contribution in [0.4, 0.5) is 5.82 Å². The molecule has 0 unspecified atom stereocenters. The smallest absolute Gasteiger partial charge is 0.214 e. The molecule has 2 aromatic heterocycles. The van der Waals surface area contributed by atoms with Crippen LogP contribution in [0, 0.1) is 5.92 Å². The van der Waals surface area contributed by atoms with E-state index >= 15 is 0 Å². The first-order chi connectivity index (χ1) is 15.9. The molecular weight excluding hydrogens is 438 g/mol. The molecule has 176 valence electrons. The average molecular weight is 470 g/mol. The van der Waals surface area contributed by atoms with Gasteiger partial charge in [-0.05, 0) is 49.7 Å². The molecule has 8 nitrogen and oxygen atoms in total. The fraction of sp³-hybridized carbons (Fsp3) is 0.500. The first kappa shape index (κ1) is 22.3. The van der Waals surface area contributed by atoms with Gasteiger partial charge in [-0.25, -0.2) is 18.4 Å². The largest absolute Gasteiger partial charge is 0.384 e. The third kappa shape index (κ3) is 4.37. The van der Waals surface area contributed by atoms with Crippen molar-refractivity contribution in [3.8, 4) is 0 Å². The van der Waals surface area contributed by atoms with E-state index in [2.05, 4.69) is 26.9 Å². The Kier molecular flexibility index (Phi) is 5.88. The van der Waals surface area contributed by atoms with Gasteiger partial charge in [-0.2, -0.15) is 4.31 Å². The van der Waals surface area contributed by atoms with Crippen molar-refractivity contribution in [2.75, 3.05) is 30.8 Å². The van der Waals surface area contributed by atoms with Crippen molar-refractivity contribution in [1.29, 1.82) is 0 Å². The maximum absolute atomic E-state index is 13.2. The molecule has 33 heavy (non-hydrogen) atoms. The first-order valence-electron chi connectivity index (χ1n) is 11.6. The Morgan fingerprint density at radius 3 is 2.67 bits per heavy atom. The molecule has 0 amide bonds. The number of anilines is 1. The lowest BCUT2D eigenvalue weighted by Gasteiger charge is -2.35. The predicted molar refractivity (Wildman–Crippen MR) is 128 cm³/mol. The summed E-state index contributed by atoms with van der Waals surface area (Å²) in [6.07, 6.45) is 7.48. The third-order valence-electron chi connectivity index (χ3n) is 7.39. The molecule has 1 saturated heterocycles. The number of rotatable bonds is 6. The molecule has 1 aliphatic heterocycles. The van der Waals surface area contributed by atoms with E-state index in [1.165, 1.54) is 4.31 Å². The van der Waals surface area contributed by atoms with Crippen LogP contribution in [0.25, 0.3) is 11.0 Å². The Morgan fingerprint density at radius 2 is 1.91 bits per heavy atom. The number of hydrogen-bond donors (Lipinski definition) is 2. The molecule has 0 radical (unpaired) electrons. The second kappa shape index (κ2) is 8.70. The molecule has 2 aliphatic rings. The van der Waals surface area contributed by atoms with Crippen LogP contribution in [0.5, 0.6) is 0 Å². The van der Waals surface area contributed by atoms with Crippen LogP contribution in [0.1, 0.15) is 37.7 Å². The Bertz CT molecular complexity index is 1210. The second-order valence-corrected chi connectivity index (χ2v) is 11.5. The maximum Gasteiger partial charge on any atom is 0.214 e. The highest BCUT2D eigenvalue weighted by molar-refractivity contribution is 7.89. The van der Waals surface area contributed by atoms with Crippen molar-refractivity contribution in [3.63, 3.8) is 0 Å². The van der Waals surface area contributed by atoms with Gasteiger partial charge in [0.15, 0.2) is 0 Å². The summed E-state index contributed by atoms with van der Waals surface area (Å²) in [5, 5.41) is 12.0. The summed E-state index contributed by atoms with van der Waals surface area (Å²) in [7, 11) is -1.35. The van der Waals surface area contributed by atoms with Crippen LogP contribution in [-0.2, 0) is 15.6 Å². The van der Waals surface area contributed by atoms with E-state index in [9.17, 15) is 13.5 Å². The van der Waals surface area contributed by atoms with Gasteiger partial charge < -0.3 is 15.0 Å². The Labute approximate surface area is 194 Å². The Morgan fingerprint density at radius 1 is 1.15 bits per heavy atom. The van der Waals surface area contributed by atoms with E-state index in [4.69, 9.17) is 0 Å². The second-order valence-electron chi connectivity index (χ2n) is 9.48. The number of aliphatic hydroxyl groups is 1. The lowest BCUT2D eigenvalue weighted by molar-refractivity contribution is 0.0530. The van der Waals surface area contributed by atoms with Gasteiger partial charge in [0.25, 0.3) is 0 Å². The average Bonchev–Trinajstić information content (AvgIpc) is 3.47. The highest BCUT2D eigenvalue weighted by Crippen LogP contribution is 2.36. The van der Waals surface area contributed by atoms with E-state index < -0.39 is 15.6 Å². The van der Waals surface area contributed by atoms with Gasteiger partial charge in [0.2, 0.25) is 10.0 Å². The van der Waals surface area contributed by atoms with E-state index in [0.29, 0.717) is 19.0 Å². The van der Waals surface area contributed by atoms with E-state index in [1.54, 1.807) is 6.33 Å². The molecule has 3 heterocycles. The normalized spacial score (nSPS) is 26.6. The highest BCUT2D eigenvalue weighted by Gasteiger charge is 2.43. The molecular formula is C24H31N5O3S. The van der Waals surface area contributed by atoms with Gasteiger partial charge in [0, 0.05) is 32.4 Å². The Hall–Kier alpha value is -2.49. The van der Waals surface area contributed by atoms with Crippen molar-refractivity contribution in [2.45, 2.75) is 43.7 Å².